The highest BCUT2D eigenvalue weighted by molar-refractivity contribution is 6.26. The van der Waals surface area contributed by atoms with Crippen molar-refractivity contribution in [2.24, 2.45) is 17.3 Å². The van der Waals surface area contributed by atoms with Gasteiger partial charge in [0.2, 0.25) is 0 Å². The second-order valence-corrected chi connectivity index (χ2v) is 13.8. The molecule has 0 saturated heterocycles. The summed E-state index contributed by atoms with van der Waals surface area (Å²) in [6.45, 7) is 18.7. The lowest BCUT2D eigenvalue weighted by Gasteiger charge is -2.25. The molecule has 0 heterocycles. The maximum atomic E-state index is 2.44. The lowest BCUT2D eigenvalue weighted by atomic mass is 9.78. The molecule has 214 valence electrons. The molecule has 0 aliphatic heterocycles. The lowest BCUT2D eigenvalue weighted by molar-refractivity contribution is 0.640. The molecule has 8 rings (SSSR count). The van der Waals surface area contributed by atoms with Crippen LogP contribution in [0.15, 0.2) is 83.9 Å². The molecule has 0 N–H and O–H groups in total. The van der Waals surface area contributed by atoms with Gasteiger partial charge in [-0.05, 0) is 142 Å². The highest BCUT2D eigenvalue weighted by Crippen LogP contribution is 2.82. The maximum absolute atomic E-state index is 2.44. The number of fused-ring (bicyclic) bond motifs is 8. The molecule has 4 aromatic rings. The number of hydrogen-bond acceptors (Lipinski definition) is 0. The van der Waals surface area contributed by atoms with Crippen LogP contribution in [0.2, 0.25) is 0 Å². The van der Waals surface area contributed by atoms with Crippen molar-refractivity contribution in [3.8, 4) is 0 Å². The number of aryl methyl sites for hydroxylation is 6. The zero-order chi connectivity index (χ0) is 29.9. The SMILES string of the molecule is CC[C@@H]1[C@@H](CC)C12C1=C(c3c(C)cc(C)cc3C)c3ccccc3C1=C1C2=C(c2c(C)cc(C)cc2C)c2ccccc21. The van der Waals surface area contributed by atoms with Crippen molar-refractivity contribution in [1.29, 1.82) is 0 Å². The molecule has 1 saturated carbocycles. The van der Waals surface area contributed by atoms with Gasteiger partial charge in [-0.3, -0.25) is 0 Å². The average molecular weight is 559 g/mol. The Balaban J connectivity index is 1.60. The summed E-state index contributed by atoms with van der Waals surface area (Å²) in [6, 6.07) is 28.2. The van der Waals surface area contributed by atoms with E-state index in [-0.39, 0.29) is 5.41 Å². The molecule has 1 spiro atoms. The van der Waals surface area contributed by atoms with Crippen molar-refractivity contribution in [3.63, 3.8) is 0 Å². The second-order valence-electron chi connectivity index (χ2n) is 13.8. The fraction of sp³-hybridized carbons (Fsp3) is 0.302. The summed E-state index contributed by atoms with van der Waals surface area (Å²) in [5, 5.41) is 0. The molecule has 4 aromatic carbocycles. The van der Waals surface area contributed by atoms with Crippen LogP contribution < -0.4 is 0 Å². The topological polar surface area (TPSA) is 0 Å². The van der Waals surface area contributed by atoms with Crippen molar-refractivity contribution in [1.82, 2.24) is 0 Å². The molecule has 0 radical (unpaired) electrons. The maximum Gasteiger partial charge on any atom is 0.0290 e. The van der Waals surface area contributed by atoms with Crippen molar-refractivity contribution in [3.05, 3.63) is 151 Å². The van der Waals surface area contributed by atoms with E-state index in [9.17, 15) is 0 Å². The summed E-state index contributed by atoms with van der Waals surface area (Å²) in [7, 11) is 0. The summed E-state index contributed by atoms with van der Waals surface area (Å²) >= 11 is 0. The number of benzene rings is 4. The zero-order valence-electron chi connectivity index (χ0n) is 27.0. The van der Waals surface area contributed by atoms with E-state index in [0.29, 0.717) is 11.8 Å². The Morgan fingerprint density at radius 3 is 1.07 bits per heavy atom. The van der Waals surface area contributed by atoms with Crippen LogP contribution in [-0.4, -0.2) is 0 Å². The van der Waals surface area contributed by atoms with Gasteiger partial charge in [0.15, 0.2) is 0 Å². The normalized spacial score (nSPS) is 20.7. The molecule has 0 bridgehead atoms. The summed E-state index contributed by atoms with van der Waals surface area (Å²) in [5.74, 6) is 1.28. The molecule has 0 heteroatoms. The van der Waals surface area contributed by atoms with Gasteiger partial charge in [-0.1, -0.05) is 111 Å². The van der Waals surface area contributed by atoms with E-state index in [1.54, 1.807) is 11.1 Å². The van der Waals surface area contributed by atoms with Gasteiger partial charge < -0.3 is 0 Å². The molecule has 0 nitrogen and oxygen atoms in total. The Morgan fingerprint density at radius 1 is 0.465 bits per heavy atom. The third kappa shape index (κ3) is 3.22. The fourth-order valence-corrected chi connectivity index (χ4v) is 10.3. The molecule has 0 unspecified atom stereocenters. The number of allylic oxidation sites excluding steroid dienone is 4. The van der Waals surface area contributed by atoms with Gasteiger partial charge in [-0.25, -0.2) is 0 Å². The quantitative estimate of drug-likeness (QED) is 0.234. The third-order valence-corrected chi connectivity index (χ3v) is 11.3. The van der Waals surface area contributed by atoms with Gasteiger partial charge in [0.25, 0.3) is 0 Å². The van der Waals surface area contributed by atoms with Crippen LogP contribution in [-0.2, 0) is 0 Å². The Hall–Kier alpha value is -3.90. The third-order valence-electron chi connectivity index (χ3n) is 11.3. The van der Waals surface area contributed by atoms with E-state index in [2.05, 4.69) is 128 Å². The van der Waals surface area contributed by atoms with E-state index < -0.39 is 0 Å². The average Bonchev–Trinajstić information content (AvgIpc) is 3.15. The first kappa shape index (κ1) is 26.7. The van der Waals surface area contributed by atoms with Crippen LogP contribution in [0.4, 0.5) is 0 Å². The largest absolute Gasteiger partial charge is 0.0651 e. The predicted octanol–water partition coefficient (Wildman–Crippen LogP) is 11.1. The van der Waals surface area contributed by atoms with Crippen LogP contribution in [0.1, 0.15) is 93.5 Å². The Morgan fingerprint density at radius 2 is 0.767 bits per heavy atom. The van der Waals surface area contributed by atoms with Gasteiger partial charge in [0.1, 0.15) is 0 Å². The number of hydrogen-bond donors (Lipinski definition) is 0. The molecule has 2 atom stereocenters. The Bertz CT molecular complexity index is 1810. The Kier molecular flexibility index (Phi) is 5.62. The van der Waals surface area contributed by atoms with E-state index in [4.69, 9.17) is 0 Å². The zero-order valence-corrected chi connectivity index (χ0v) is 27.0. The lowest BCUT2D eigenvalue weighted by Crippen LogP contribution is -2.12. The van der Waals surface area contributed by atoms with E-state index >= 15 is 0 Å². The molecule has 0 amide bonds. The monoisotopic (exact) mass is 558 g/mol. The van der Waals surface area contributed by atoms with Crippen molar-refractivity contribution in [2.45, 2.75) is 68.2 Å². The number of rotatable bonds is 4. The Labute approximate surface area is 257 Å². The summed E-state index contributed by atoms with van der Waals surface area (Å²) in [4.78, 5) is 0. The second kappa shape index (κ2) is 9.06. The first-order valence-electron chi connectivity index (χ1n) is 16.4. The predicted molar refractivity (Wildman–Crippen MR) is 183 cm³/mol. The first-order valence-corrected chi connectivity index (χ1v) is 16.4. The molecule has 4 aliphatic carbocycles. The summed E-state index contributed by atoms with van der Waals surface area (Å²) in [5.41, 5.74) is 26.3. The summed E-state index contributed by atoms with van der Waals surface area (Å²) in [6.07, 6.45) is 2.41. The van der Waals surface area contributed by atoms with Crippen LogP contribution in [0.5, 0.6) is 0 Å². The van der Waals surface area contributed by atoms with Crippen LogP contribution in [0.25, 0.3) is 22.3 Å². The van der Waals surface area contributed by atoms with Crippen molar-refractivity contribution < 1.29 is 0 Å². The molecular formula is C43H42. The van der Waals surface area contributed by atoms with E-state index in [1.165, 1.54) is 102 Å². The van der Waals surface area contributed by atoms with E-state index in [0.717, 1.165) is 0 Å². The van der Waals surface area contributed by atoms with E-state index in [1.807, 2.05) is 0 Å². The van der Waals surface area contributed by atoms with Crippen LogP contribution >= 0.6 is 0 Å². The van der Waals surface area contributed by atoms with Gasteiger partial charge in [0, 0.05) is 5.41 Å². The molecule has 43 heavy (non-hydrogen) atoms. The van der Waals surface area contributed by atoms with Gasteiger partial charge in [-0.2, -0.15) is 0 Å². The fourth-order valence-electron chi connectivity index (χ4n) is 10.3. The first-order chi connectivity index (χ1) is 20.7. The summed E-state index contributed by atoms with van der Waals surface area (Å²) < 4.78 is 0. The minimum absolute atomic E-state index is 0.0321. The van der Waals surface area contributed by atoms with Gasteiger partial charge >= 0.3 is 0 Å². The van der Waals surface area contributed by atoms with Gasteiger partial charge in [-0.15, -0.1) is 0 Å². The molecule has 0 aromatic heterocycles. The van der Waals surface area contributed by atoms with Crippen LogP contribution in [0.3, 0.4) is 0 Å². The molecular weight excluding hydrogens is 516 g/mol. The van der Waals surface area contributed by atoms with Crippen molar-refractivity contribution >= 4 is 22.3 Å². The minimum Gasteiger partial charge on any atom is -0.0651 e. The highest BCUT2D eigenvalue weighted by Gasteiger charge is 2.72. The van der Waals surface area contributed by atoms with Crippen LogP contribution in [0, 0.1) is 58.8 Å². The molecule has 1 fully saturated rings. The smallest absolute Gasteiger partial charge is 0.0290 e. The minimum atomic E-state index is 0.0321. The highest BCUT2D eigenvalue weighted by atomic mass is 14.7. The van der Waals surface area contributed by atoms with Crippen molar-refractivity contribution in [2.75, 3.05) is 0 Å². The van der Waals surface area contributed by atoms with Gasteiger partial charge in [0.05, 0.1) is 0 Å². The standard InChI is InChI=1S/C43H42/c1-9-33-34(10-2)43(33)41-37(35-25(5)19-23(3)20-26(35)6)29-15-11-13-17-31(29)39(41)40-32-18-14-12-16-30(32)38(42(40)43)36-27(7)21-24(4)22-28(36)8/h11-22,33-34H,9-10H2,1-8H3/t33-,34-/m1/s1. The molecule has 4 aliphatic rings.